The van der Waals surface area contributed by atoms with Crippen LogP contribution in [0.5, 0.6) is 0 Å². The van der Waals surface area contributed by atoms with Gasteiger partial charge in [0.15, 0.2) is 0 Å². The zero-order chi connectivity index (χ0) is 8.53. The van der Waals surface area contributed by atoms with Crippen molar-refractivity contribution in [2.75, 3.05) is 6.61 Å². The van der Waals surface area contributed by atoms with Gasteiger partial charge in [-0.2, -0.15) is 5.26 Å². The Balaban J connectivity index is 3.38. The van der Waals surface area contributed by atoms with Crippen LogP contribution in [0.25, 0.3) is 0 Å². The van der Waals surface area contributed by atoms with Crippen molar-refractivity contribution in [3.05, 3.63) is 0 Å². The van der Waals surface area contributed by atoms with Crippen LogP contribution in [0.3, 0.4) is 0 Å². The standard InChI is InChI=1S/C9H13NO/c1-3-4-6-9(2)11-8-5-7-10/h9H,3,5,8H2,1-2H3. The minimum absolute atomic E-state index is 0.0386. The van der Waals surface area contributed by atoms with Crippen LogP contribution < -0.4 is 0 Å². The number of nitriles is 1. The summed E-state index contributed by atoms with van der Waals surface area (Å²) >= 11 is 0. The fourth-order valence-corrected chi connectivity index (χ4v) is 0.569. The number of nitrogens with zero attached hydrogens (tertiary/aromatic N) is 1. The zero-order valence-corrected chi connectivity index (χ0v) is 7.05. The molecular weight excluding hydrogens is 138 g/mol. The molecule has 0 aliphatic carbocycles. The summed E-state index contributed by atoms with van der Waals surface area (Å²) in [5.41, 5.74) is 0. The normalized spacial score (nSPS) is 11.0. The first-order valence-corrected chi connectivity index (χ1v) is 3.78. The Hall–Kier alpha value is -0.990. The molecule has 0 aliphatic heterocycles. The minimum atomic E-state index is -0.0386. The first kappa shape index (κ1) is 10.0. The fraction of sp³-hybridized carbons (Fsp3) is 0.667. The average Bonchev–Trinajstić information content (AvgIpc) is 2.01. The molecule has 2 nitrogen and oxygen atoms in total. The number of hydrogen-bond donors (Lipinski definition) is 0. The molecule has 0 saturated heterocycles. The molecule has 1 atom stereocenters. The Labute approximate surface area is 68.2 Å². The third kappa shape index (κ3) is 6.90. The van der Waals surface area contributed by atoms with Crippen molar-refractivity contribution in [1.29, 1.82) is 5.26 Å². The molecule has 11 heavy (non-hydrogen) atoms. The molecular formula is C9H13NO. The van der Waals surface area contributed by atoms with Crippen LogP contribution >= 0.6 is 0 Å². The monoisotopic (exact) mass is 151 g/mol. The summed E-state index contributed by atoms with van der Waals surface area (Å²) in [7, 11) is 0. The molecule has 1 unspecified atom stereocenters. The van der Waals surface area contributed by atoms with E-state index in [1.54, 1.807) is 0 Å². The SMILES string of the molecule is CCC#CC(C)OCCC#N. The molecule has 0 aliphatic rings. The number of rotatable bonds is 3. The molecule has 2 heteroatoms. The zero-order valence-electron chi connectivity index (χ0n) is 7.05. The van der Waals surface area contributed by atoms with Crippen LogP contribution in [-0.4, -0.2) is 12.7 Å². The first-order valence-electron chi connectivity index (χ1n) is 3.78. The summed E-state index contributed by atoms with van der Waals surface area (Å²) in [5, 5.41) is 8.19. The van der Waals surface area contributed by atoms with E-state index in [1.807, 2.05) is 19.9 Å². The Morgan fingerprint density at radius 3 is 2.82 bits per heavy atom. The van der Waals surface area contributed by atoms with Crippen LogP contribution in [0.4, 0.5) is 0 Å². The quantitative estimate of drug-likeness (QED) is 0.454. The van der Waals surface area contributed by atoms with E-state index in [2.05, 4.69) is 11.8 Å². The third-order valence-corrected chi connectivity index (χ3v) is 1.06. The molecule has 0 heterocycles. The lowest BCUT2D eigenvalue weighted by atomic mass is 10.3. The van der Waals surface area contributed by atoms with Gasteiger partial charge in [0.05, 0.1) is 19.1 Å². The van der Waals surface area contributed by atoms with E-state index in [4.69, 9.17) is 10.00 Å². The highest BCUT2D eigenvalue weighted by Crippen LogP contribution is 1.89. The molecule has 0 radical (unpaired) electrons. The molecule has 0 rings (SSSR count). The van der Waals surface area contributed by atoms with E-state index < -0.39 is 0 Å². The van der Waals surface area contributed by atoms with E-state index in [1.165, 1.54) is 0 Å². The van der Waals surface area contributed by atoms with Gasteiger partial charge in [0, 0.05) is 6.42 Å². The van der Waals surface area contributed by atoms with Gasteiger partial charge < -0.3 is 4.74 Å². The summed E-state index contributed by atoms with van der Waals surface area (Å²) in [6.45, 7) is 4.37. The average molecular weight is 151 g/mol. The first-order chi connectivity index (χ1) is 5.31. The van der Waals surface area contributed by atoms with Crippen molar-refractivity contribution in [2.24, 2.45) is 0 Å². The Morgan fingerprint density at radius 2 is 2.27 bits per heavy atom. The van der Waals surface area contributed by atoms with Crippen molar-refractivity contribution in [2.45, 2.75) is 32.8 Å². The second-order valence-corrected chi connectivity index (χ2v) is 2.10. The van der Waals surface area contributed by atoms with Gasteiger partial charge in [-0.15, -0.1) is 5.92 Å². The van der Waals surface area contributed by atoms with Crippen LogP contribution in [-0.2, 0) is 4.74 Å². The largest absolute Gasteiger partial charge is 0.365 e. The molecule has 0 fully saturated rings. The van der Waals surface area contributed by atoms with Gasteiger partial charge in [-0.25, -0.2) is 0 Å². The second-order valence-electron chi connectivity index (χ2n) is 2.10. The van der Waals surface area contributed by atoms with Crippen molar-refractivity contribution in [3.8, 4) is 17.9 Å². The van der Waals surface area contributed by atoms with Gasteiger partial charge in [-0.1, -0.05) is 12.8 Å². The van der Waals surface area contributed by atoms with Crippen LogP contribution in [0.2, 0.25) is 0 Å². The number of hydrogen-bond acceptors (Lipinski definition) is 2. The predicted molar refractivity (Wildman–Crippen MR) is 43.7 cm³/mol. The highest BCUT2D eigenvalue weighted by atomic mass is 16.5. The maximum atomic E-state index is 8.19. The van der Waals surface area contributed by atoms with Gasteiger partial charge in [-0.3, -0.25) is 0 Å². The van der Waals surface area contributed by atoms with Crippen LogP contribution in [0.1, 0.15) is 26.7 Å². The molecule has 0 aromatic carbocycles. The molecule has 0 N–H and O–H groups in total. The van der Waals surface area contributed by atoms with E-state index in [-0.39, 0.29) is 6.10 Å². The van der Waals surface area contributed by atoms with Gasteiger partial charge >= 0.3 is 0 Å². The summed E-state index contributed by atoms with van der Waals surface area (Å²) in [5.74, 6) is 5.83. The molecule has 0 spiro atoms. The fourth-order valence-electron chi connectivity index (χ4n) is 0.569. The van der Waals surface area contributed by atoms with E-state index >= 15 is 0 Å². The van der Waals surface area contributed by atoms with E-state index in [0.29, 0.717) is 13.0 Å². The van der Waals surface area contributed by atoms with Crippen LogP contribution in [0.15, 0.2) is 0 Å². The smallest absolute Gasteiger partial charge is 0.115 e. The van der Waals surface area contributed by atoms with Crippen molar-refractivity contribution >= 4 is 0 Å². The lowest BCUT2D eigenvalue weighted by Gasteiger charge is -2.02. The Kier molecular flexibility index (Phi) is 6.48. The topological polar surface area (TPSA) is 33.0 Å². The minimum Gasteiger partial charge on any atom is -0.365 e. The maximum absolute atomic E-state index is 8.19. The van der Waals surface area contributed by atoms with Gasteiger partial charge in [0.2, 0.25) is 0 Å². The Morgan fingerprint density at radius 1 is 1.55 bits per heavy atom. The van der Waals surface area contributed by atoms with Gasteiger partial charge in [0.1, 0.15) is 6.10 Å². The number of ether oxygens (including phenoxy) is 1. The van der Waals surface area contributed by atoms with E-state index in [0.717, 1.165) is 6.42 Å². The van der Waals surface area contributed by atoms with E-state index in [9.17, 15) is 0 Å². The van der Waals surface area contributed by atoms with Crippen molar-refractivity contribution < 1.29 is 4.74 Å². The summed E-state index contributed by atoms with van der Waals surface area (Å²) in [6, 6.07) is 2.01. The predicted octanol–water partition coefficient (Wildman–Crippen LogP) is 1.72. The second kappa shape index (κ2) is 7.12. The molecule has 0 aromatic heterocycles. The summed E-state index contributed by atoms with van der Waals surface area (Å²) < 4.78 is 5.19. The third-order valence-electron chi connectivity index (χ3n) is 1.06. The Bertz CT molecular complexity index is 182. The summed E-state index contributed by atoms with van der Waals surface area (Å²) in [6.07, 6.45) is 1.26. The highest BCUT2D eigenvalue weighted by molar-refractivity contribution is 5.02. The highest BCUT2D eigenvalue weighted by Gasteiger charge is 1.93. The lowest BCUT2D eigenvalue weighted by molar-refractivity contribution is 0.108. The van der Waals surface area contributed by atoms with Crippen LogP contribution in [0, 0.1) is 23.2 Å². The van der Waals surface area contributed by atoms with Crippen molar-refractivity contribution in [3.63, 3.8) is 0 Å². The summed E-state index contributed by atoms with van der Waals surface area (Å²) in [4.78, 5) is 0. The van der Waals surface area contributed by atoms with Gasteiger partial charge in [-0.05, 0) is 6.92 Å². The van der Waals surface area contributed by atoms with Crippen molar-refractivity contribution in [1.82, 2.24) is 0 Å². The molecule has 60 valence electrons. The molecule has 0 aromatic rings. The van der Waals surface area contributed by atoms with Gasteiger partial charge in [0.25, 0.3) is 0 Å². The molecule has 0 bridgehead atoms. The molecule has 0 amide bonds. The maximum Gasteiger partial charge on any atom is 0.115 e. The lowest BCUT2D eigenvalue weighted by Crippen LogP contribution is -2.05. The molecule has 0 saturated carbocycles.